The van der Waals surface area contributed by atoms with E-state index in [1.165, 1.54) is 57.8 Å². The molecular weight excluding hydrogens is 208 g/mol. The number of carbonyl (C=O) groups excluding carboxylic acids is 1. The van der Waals surface area contributed by atoms with Crippen LogP contribution < -0.4 is 0 Å². The second-order valence-electron chi connectivity index (χ2n) is 4.98. The van der Waals surface area contributed by atoms with Crippen LogP contribution in [-0.2, 0) is 4.79 Å². The molecule has 0 aliphatic rings. The highest BCUT2D eigenvalue weighted by molar-refractivity contribution is 5.75. The Morgan fingerprint density at radius 1 is 0.824 bits per heavy atom. The second kappa shape index (κ2) is 13.5. The van der Waals surface area contributed by atoms with Crippen LogP contribution in [0.15, 0.2) is 12.2 Å². The molecule has 0 aromatic rings. The SMILES string of the molecule is CCCCCCC/C=C/CCCCCC(C)=O. The number of Topliss-reactive ketones (excluding diaryl/α,β-unsaturated/α-hetero) is 1. The predicted molar refractivity (Wildman–Crippen MR) is 76.3 cm³/mol. The van der Waals surface area contributed by atoms with Gasteiger partial charge < -0.3 is 4.79 Å². The van der Waals surface area contributed by atoms with Gasteiger partial charge in [0.15, 0.2) is 0 Å². The van der Waals surface area contributed by atoms with Crippen molar-refractivity contribution in [1.29, 1.82) is 0 Å². The van der Waals surface area contributed by atoms with Crippen molar-refractivity contribution in [3.05, 3.63) is 12.2 Å². The fourth-order valence-corrected chi connectivity index (χ4v) is 1.91. The Bertz CT molecular complexity index is 194. The fraction of sp³-hybridized carbons (Fsp3) is 0.812. The molecule has 1 heteroatoms. The van der Waals surface area contributed by atoms with Crippen molar-refractivity contribution in [2.24, 2.45) is 0 Å². The third-order valence-corrected chi connectivity index (χ3v) is 3.04. The maximum absolute atomic E-state index is 10.7. The summed E-state index contributed by atoms with van der Waals surface area (Å²) in [6, 6.07) is 0. The van der Waals surface area contributed by atoms with Crippen LogP contribution in [0.3, 0.4) is 0 Å². The number of unbranched alkanes of at least 4 members (excludes halogenated alkanes) is 8. The Balaban J connectivity index is 3.07. The number of rotatable bonds is 12. The summed E-state index contributed by atoms with van der Waals surface area (Å²) < 4.78 is 0. The van der Waals surface area contributed by atoms with Crippen LogP contribution >= 0.6 is 0 Å². The molecule has 0 aliphatic heterocycles. The van der Waals surface area contributed by atoms with Gasteiger partial charge in [-0.2, -0.15) is 0 Å². The molecule has 100 valence electrons. The maximum atomic E-state index is 10.7. The van der Waals surface area contributed by atoms with Gasteiger partial charge >= 0.3 is 0 Å². The molecule has 0 amide bonds. The third kappa shape index (κ3) is 15.4. The van der Waals surface area contributed by atoms with E-state index in [2.05, 4.69) is 19.1 Å². The van der Waals surface area contributed by atoms with E-state index in [1.807, 2.05) is 0 Å². The molecule has 17 heavy (non-hydrogen) atoms. The first-order chi connectivity index (χ1) is 8.27. The van der Waals surface area contributed by atoms with Crippen molar-refractivity contribution in [2.45, 2.75) is 84.5 Å². The lowest BCUT2D eigenvalue weighted by Crippen LogP contribution is -1.88. The molecule has 0 fully saturated rings. The first-order valence-electron chi connectivity index (χ1n) is 7.41. The van der Waals surface area contributed by atoms with E-state index >= 15 is 0 Å². The van der Waals surface area contributed by atoms with E-state index < -0.39 is 0 Å². The molecule has 0 aromatic heterocycles. The normalized spacial score (nSPS) is 11.2. The smallest absolute Gasteiger partial charge is 0.129 e. The Hall–Kier alpha value is -0.590. The minimum absolute atomic E-state index is 0.327. The van der Waals surface area contributed by atoms with E-state index in [0.717, 1.165) is 12.8 Å². The topological polar surface area (TPSA) is 17.1 Å². The number of carbonyl (C=O) groups is 1. The lowest BCUT2D eigenvalue weighted by atomic mass is 10.1. The second-order valence-corrected chi connectivity index (χ2v) is 4.98. The van der Waals surface area contributed by atoms with Crippen LogP contribution in [-0.4, -0.2) is 5.78 Å². The average Bonchev–Trinajstić information content (AvgIpc) is 2.30. The van der Waals surface area contributed by atoms with Crippen LogP contribution in [0.2, 0.25) is 0 Å². The van der Waals surface area contributed by atoms with Crippen molar-refractivity contribution < 1.29 is 4.79 Å². The molecule has 0 bridgehead atoms. The molecule has 0 atom stereocenters. The van der Waals surface area contributed by atoms with Crippen LogP contribution in [0.1, 0.15) is 84.5 Å². The van der Waals surface area contributed by atoms with Gasteiger partial charge in [-0.05, 0) is 39.0 Å². The summed E-state index contributed by atoms with van der Waals surface area (Å²) >= 11 is 0. The van der Waals surface area contributed by atoms with Gasteiger partial charge in [0.2, 0.25) is 0 Å². The molecule has 0 rings (SSSR count). The zero-order chi connectivity index (χ0) is 12.8. The highest BCUT2D eigenvalue weighted by atomic mass is 16.1. The molecule has 0 saturated heterocycles. The van der Waals surface area contributed by atoms with E-state index in [9.17, 15) is 4.79 Å². The minimum Gasteiger partial charge on any atom is -0.300 e. The molecule has 0 spiro atoms. The van der Waals surface area contributed by atoms with Crippen molar-refractivity contribution >= 4 is 5.78 Å². The molecule has 0 aliphatic carbocycles. The fourth-order valence-electron chi connectivity index (χ4n) is 1.91. The Morgan fingerprint density at radius 3 is 1.88 bits per heavy atom. The van der Waals surface area contributed by atoms with Gasteiger partial charge in [0.1, 0.15) is 5.78 Å². The summed E-state index contributed by atoms with van der Waals surface area (Å²) in [7, 11) is 0. The molecule has 0 radical (unpaired) electrons. The van der Waals surface area contributed by atoms with Crippen molar-refractivity contribution in [3.8, 4) is 0 Å². The van der Waals surface area contributed by atoms with Gasteiger partial charge in [0, 0.05) is 6.42 Å². The average molecular weight is 238 g/mol. The largest absolute Gasteiger partial charge is 0.300 e. The van der Waals surface area contributed by atoms with Gasteiger partial charge in [-0.3, -0.25) is 0 Å². The van der Waals surface area contributed by atoms with Gasteiger partial charge in [0.05, 0.1) is 0 Å². The number of ketones is 1. The van der Waals surface area contributed by atoms with Gasteiger partial charge in [-0.1, -0.05) is 51.2 Å². The van der Waals surface area contributed by atoms with Crippen LogP contribution in [0, 0.1) is 0 Å². The standard InChI is InChI=1S/C16H30O/c1-3-4-5-6-7-8-9-10-11-12-13-14-15-16(2)17/h9-10H,3-8,11-15H2,1-2H3/b10-9+. The first kappa shape index (κ1) is 16.4. The van der Waals surface area contributed by atoms with Crippen molar-refractivity contribution in [1.82, 2.24) is 0 Å². The Labute approximate surface area is 108 Å². The van der Waals surface area contributed by atoms with Crippen molar-refractivity contribution in [3.63, 3.8) is 0 Å². The molecule has 0 aromatic carbocycles. The van der Waals surface area contributed by atoms with E-state index in [4.69, 9.17) is 0 Å². The number of hydrogen-bond acceptors (Lipinski definition) is 1. The summed E-state index contributed by atoms with van der Waals surface area (Å²) in [6.45, 7) is 3.93. The monoisotopic (exact) mass is 238 g/mol. The number of allylic oxidation sites excluding steroid dienone is 2. The van der Waals surface area contributed by atoms with Gasteiger partial charge in [-0.25, -0.2) is 0 Å². The summed E-state index contributed by atoms with van der Waals surface area (Å²) in [6.07, 6.45) is 18.2. The molecule has 0 saturated carbocycles. The van der Waals surface area contributed by atoms with E-state index in [1.54, 1.807) is 6.92 Å². The van der Waals surface area contributed by atoms with Gasteiger partial charge in [-0.15, -0.1) is 0 Å². The zero-order valence-corrected chi connectivity index (χ0v) is 11.8. The van der Waals surface area contributed by atoms with Gasteiger partial charge in [0.25, 0.3) is 0 Å². The Kier molecular flexibility index (Phi) is 13.0. The molecule has 1 nitrogen and oxygen atoms in total. The first-order valence-corrected chi connectivity index (χ1v) is 7.41. The quantitative estimate of drug-likeness (QED) is 0.327. The van der Waals surface area contributed by atoms with Crippen molar-refractivity contribution in [2.75, 3.05) is 0 Å². The summed E-state index contributed by atoms with van der Waals surface area (Å²) in [4.78, 5) is 10.7. The Morgan fingerprint density at radius 2 is 1.35 bits per heavy atom. The zero-order valence-electron chi connectivity index (χ0n) is 11.8. The number of hydrogen-bond donors (Lipinski definition) is 0. The lowest BCUT2D eigenvalue weighted by Gasteiger charge is -1.97. The molecule has 0 unspecified atom stereocenters. The third-order valence-electron chi connectivity index (χ3n) is 3.04. The highest BCUT2D eigenvalue weighted by Crippen LogP contribution is 2.07. The minimum atomic E-state index is 0.327. The predicted octanol–water partition coefficient (Wildman–Crippen LogP) is 5.44. The van der Waals surface area contributed by atoms with Crippen LogP contribution in [0.25, 0.3) is 0 Å². The molecule has 0 N–H and O–H groups in total. The van der Waals surface area contributed by atoms with E-state index in [-0.39, 0.29) is 0 Å². The summed E-state index contributed by atoms with van der Waals surface area (Å²) in [5.74, 6) is 0.327. The molecule has 0 heterocycles. The van der Waals surface area contributed by atoms with Crippen LogP contribution in [0.5, 0.6) is 0 Å². The summed E-state index contributed by atoms with van der Waals surface area (Å²) in [5, 5.41) is 0. The lowest BCUT2D eigenvalue weighted by molar-refractivity contribution is -0.117. The molecular formula is C16H30O. The maximum Gasteiger partial charge on any atom is 0.129 e. The summed E-state index contributed by atoms with van der Waals surface area (Å²) in [5.41, 5.74) is 0. The highest BCUT2D eigenvalue weighted by Gasteiger charge is 1.92. The van der Waals surface area contributed by atoms with Crippen LogP contribution in [0.4, 0.5) is 0 Å². The van der Waals surface area contributed by atoms with E-state index in [0.29, 0.717) is 5.78 Å².